The Morgan fingerprint density at radius 2 is 2.06 bits per heavy atom. The Labute approximate surface area is 97.6 Å². The number of hydrogen-bond acceptors (Lipinski definition) is 2. The van der Waals surface area contributed by atoms with Crippen LogP contribution in [0.4, 0.5) is 4.39 Å². The third kappa shape index (κ3) is 2.96. The van der Waals surface area contributed by atoms with Crippen molar-refractivity contribution in [2.45, 2.75) is 25.4 Å². The highest BCUT2D eigenvalue weighted by molar-refractivity contribution is 5.00. The molecular formula is C13H21FN2. The molecule has 0 aromatic carbocycles. The number of piperidine rings is 2. The van der Waals surface area contributed by atoms with Gasteiger partial charge >= 0.3 is 0 Å². The number of rotatable bonds is 2. The summed E-state index contributed by atoms with van der Waals surface area (Å²) in [5, 5.41) is 3.36. The molecule has 2 unspecified atom stereocenters. The summed E-state index contributed by atoms with van der Waals surface area (Å²) in [6.07, 6.45) is 7.77. The van der Waals surface area contributed by atoms with Crippen molar-refractivity contribution in [1.82, 2.24) is 10.2 Å². The van der Waals surface area contributed by atoms with Gasteiger partial charge in [-0.25, -0.2) is 4.39 Å². The number of nitrogens with one attached hydrogen (secondary N) is 1. The lowest BCUT2D eigenvalue weighted by Crippen LogP contribution is -2.44. The van der Waals surface area contributed by atoms with Crippen LogP contribution in [0.5, 0.6) is 0 Å². The maximum Gasteiger partial charge on any atom is 0.126 e. The van der Waals surface area contributed by atoms with Crippen LogP contribution in [0, 0.1) is 24.2 Å². The van der Waals surface area contributed by atoms with E-state index in [9.17, 15) is 4.39 Å². The van der Waals surface area contributed by atoms with Gasteiger partial charge in [0.25, 0.3) is 0 Å². The Kier molecular flexibility index (Phi) is 4.20. The van der Waals surface area contributed by atoms with Crippen LogP contribution in [-0.2, 0) is 0 Å². The third-order valence-corrected chi connectivity index (χ3v) is 3.81. The van der Waals surface area contributed by atoms with Crippen LogP contribution in [0.1, 0.15) is 19.3 Å². The van der Waals surface area contributed by atoms with Crippen molar-refractivity contribution in [3.63, 3.8) is 0 Å². The van der Waals surface area contributed by atoms with Crippen LogP contribution in [0.15, 0.2) is 0 Å². The van der Waals surface area contributed by atoms with Gasteiger partial charge in [-0.3, -0.25) is 0 Å². The third-order valence-electron chi connectivity index (χ3n) is 3.81. The first kappa shape index (κ1) is 11.9. The molecule has 0 amide bonds. The van der Waals surface area contributed by atoms with Crippen molar-refractivity contribution < 1.29 is 4.39 Å². The van der Waals surface area contributed by atoms with Gasteiger partial charge in [-0.1, -0.05) is 0 Å². The van der Waals surface area contributed by atoms with E-state index in [2.05, 4.69) is 16.1 Å². The predicted octanol–water partition coefficient (Wildman–Crippen LogP) is 1.28. The minimum Gasteiger partial charge on any atom is -0.317 e. The molecule has 2 fully saturated rings. The van der Waals surface area contributed by atoms with Crippen molar-refractivity contribution in [3.8, 4) is 12.3 Å². The van der Waals surface area contributed by atoms with Crippen molar-refractivity contribution in [2.24, 2.45) is 11.8 Å². The van der Waals surface area contributed by atoms with E-state index < -0.39 is 6.17 Å². The van der Waals surface area contributed by atoms with Gasteiger partial charge < -0.3 is 10.2 Å². The monoisotopic (exact) mass is 224 g/mol. The largest absolute Gasteiger partial charge is 0.317 e. The van der Waals surface area contributed by atoms with Gasteiger partial charge in [0.1, 0.15) is 6.17 Å². The molecule has 2 aliphatic rings. The van der Waals surface area contributed by atoms with E-state index in [0.29, 0.717) is 6.54 Å². The topological polar surface area (TPSA) is 15.3 Å². The zero-order valence-corrected chi connectivity index (χ0v) is 9.79. The molecule has 0 aromatic heterocycles. The number of halogens is 1. The van der Waals surface area contributed by atoms with E-state index in [-0.39, 0.29) is 5.92 Å². The van der Waals surface area contributed by atoms with E-state index in [0.717, 1.165) is 38.5 Å². The summed E-state index contributed by atoms with van der Waals surface area (Å²) in [6.45, 7) is 4.80. The van der Waals surface area contributed by atoms with Crippen LogP contribution >= 0.6 is 0 Å². The summed E-state index contributed by atoms with van der Waals surface area (Å²) in [6, 6.07) is 0. The van der Waals surface area contributed by atoms with Crippen LogP contribution in [-0.4, -0.2) is 43.8 Å². The molecule has 0 bridgehead atoms. The molecule has 2 heterocycles. The zero-order valence-electron chi connectivity index (χ0n) is 9.79. The summed E-state index contributed by atoms with van der Waals surface area (Å²) in [4.78, 5) is 2.26. The highest BCUT2D eigenvalue weighted by atomic mass is 19.1. The second-order valence-corrected chi connectivity index (χ2v) is 5.03. The van der Waals surface area contributed by atoms with Crippen LogP contribution in [0.3, 0.4) is 0 Å². The lowest BCUT2D eigenvalue weighted by Gasteiger charge is -2.35. The Morgan fingerprint density at radius 1 is 1.31 bits per heavy atom. The first-order chi connectivity index (χ1) is 7.79. The van der Waals surface area contributed by atoms with E-state index in [4.69, 9.17) is 6.42 Å². The van der Waals surface area contributed by atoms with Gasteiger partial charge in [0.15, 0.2) is 0 Å². The van der Waals surface area contributed by atoms with Crippen LogP contribution in [0.25, 0.3) is 0 Å². The van der Waals surface area contributed by atoms with Gasteiger partial charge in [-0.2, -0.15) is 0 Å². The molecule has 3 heteroatoms. The normalized spacial score (nSPS) is 33.5. The average molecular weight is 224 g/mol. The van der Waals surface area contributed by atoms with Gasteiger partial charge in [-0.05, 0) is 44.8 Å². The summed E-state index contributed by atoms with van der Waals surface area (Å²) in [5.74, 6) is 3.16. The van der Waals surface area contributed by atoms with E-state index in [1.165, 1.54) is 12.8 Å². The summed E-state index contributed by atoms with van der Waals surface area (Å²) < 4.78 is 13.7. The Bertz CT molecular complexity index is 255. The molecule has 0 aliphatic carbocycles. The van der Waals surface area contributed by atoms with E-state index in [1.807, 2.05) is 0 Å². The molecule has 16 heavy (non-hydrogen) atoms. The number of hydrogen-bond donors (Lipinski definition) is 1. The predicted molar refractivity (Wildman–Crippen MR) is 63.9 cm³/mol. The fourth-order valence-electron chi connectivity index (χ4n) is 2.75. The SMILES string of the molecule is C#CC1CCN(CC2CCNCC2)CC1F. The standard InChI is InChI=1S/C13H21FN2/c1-2-12-5-8-16(10-13(12)14)9-11-3-6-15-7-4-11/h1,11-13,15H,3-10H2. The fraction of sp³-hybridized carbons (Fsp3) is 0.846. The lowest BCUT2D eigenvalue weighted by atomic mass is 9.93. The first-order valence-electron chi connectivity index (χ1n) is 6.33. The average Bonchev–Trinajstić information content (AvgIpc) is 2.31. The minimum atomic E-state index is -0.819. The van der Waals surface area contributed by atoms with E-state index >= 15 is 0 Å². The molecule has 2 nitrogen and oxygen atoms in total. The van der Waals surface area contributed by atoms with Gasteiger partial charge in [-0.15, -0.1) is 12.3 Å². The lowest BCUT2D eigenvalue weighted by molar-refractivity contribution is 0.0909. The van der Waals surface area contributed by atoms with Crippen molar-refractivity contribution >= 4 is 0 Å². The first-order valence-corrected chi connectivity index (χ1v) is 6.33. The maximum absolute atomic E-state index is 13.7. The molecule has 2 rings (SSSR count). The summed E-state index contributed by atoms with van der Waals surface area (Å²) >= 11 is 0. The van der Waals surface area contributed by atoms with Crippen LogP contribution < -0.4 is 5.32 Å². The molecular weight excluding hydrogens is 203 g/mol. The molecule has 0 saturated carbocycles. The van der Waals surface area contributed by atoms with E-state index in [1.54, 1.807) is 0 Å². The van der Waals surface area contributed by atoms with Crippen molar-refractivity contribution in [2.75, 3.05) is 32.7 Å². The molecule has 1 N–H and O–H groups in total. The Hall–Kier alpha value is -0.590. The quantitative estimate of drug-likeness (QED) is 0.711. The number of alkyl halides is 1. The van der Waals surface area contributed by atoms with Crippen molar-refractivity contribution in [3.05, 3.63) is 0 Å². The van der Waals surface area contributed by atoms with Gasteiger partial charge in [0, 0.05) is 13.1 Å². The molecule has 2 aliphatic heterocycles. The number of terminal acetylenes is 1. The molecule has 90 valence electrons. The van der Waals surface area contributed by atoms with Crippen molar-refractivity contribution in [1.29, 1.82) is 0 Å². The maximum atomic E-state index is 13.7. The molecule has 2 saturated heterocycles. The minimum absolute atomic E-state index is 0.149. The highest BCUT2D eigenvalue weighted by Gasteiger charge is 2.29. The molecule has 2 atom stereocenters. The summed E-state index contributed by atoms with van der Waals surface area (Å²) in [5.41, 5.74) is 0. The highest BCUT2D eigenvalue weighted by Crippen LogP contribution is 2.22. The molecule has 0 spiro atoms. The summed E-state index contributed by atoms with van der Waals surface area (Å²) in [7, 11) is 0. The molecule has 0 aromatic rings. The zero-order chi connectivity index (χ0) is 11.4. The second kappa shape index (κ2) is 5.65. The van der Waals surface area contributed by atoms with Gasteiger partial charge in [0.2, 0.25) is 0 Å². The number of likely N-dealkylation sites (tertiary alicyclic amines) is 1. The number of nitrogens with zero attached hydrogens (tertiary/aromatic N) is 1. The fourth-order valence-corrected chi connectivity index (χ4v) is 2.75. The Balaban J connectivity index is 1.77. The smallest absolute Gasteiger partial charge is 0.126 e. The van der Waals surface area contributed by atoms with Gasteiger partial charge in [0.05, 0.1) is 5.92 Å². The Morgan fingerprint density at radius 3 is 2.69 bits per heavy atom. The van der Waals surface area contributed by atoms with Crippen LogP contribution in [0.2, 0.25) is 0 Å². The second-order valence-electron chi connectivity index (χ2n) is 5.03. The molecule has 0 radical (unpaired) electrons.